The first-order valence-corrected chi connectivity index (χ1v) is 10.8. The van der Waals surface area contributed by atoms with Crippen molar-refractivity contribution in [2.45, 2.75) is 32.5 Å². The van der Waals surface area contributed by atoms with Gasteiger partial charge in [0.1, 0.15) is 12.2 Å². The van der Waals surface area contributed by atoms with Gasteiger partial charge in [-0.1, -0.05) is 31.2 Å². The molecule has 0 unspecified atom stereocenters. The van der Waals surface area contributed by atoms with E-state index < -0.39 is 0 Å². The monoisotopic (exact) mass is 435 g/mol. The molecular weight excluding hydrogens is 414 g/mol. The third-order valence-electron chi connectivity index (χ3n) is 4.95. The summed E-state index contributed by atoms with van der Waals surface area (Å²) in [5.41, 5.74) is 0.158. The number of fused-ring (bicyclic) bond motifs is 1. The van der Waals surface area contributed by atoms with E-state index >= 15 is 0 Å². The molecule has 0 radical (unpaired) electrons. The van der Waals surface area contributed by atoms with Gasteiger partial charge < -0.3 is 5.32 Å². The van der Waals surface area contributed by atoms with Crippen molar-refractivity contribution in [2.75, 3.05) is 0 Å². The fourth-order valence-electron chi connectivity index (χ4n) is 3.27. The highest BCUT2D eigenvalue weighted by molar-refractivity contribution is 7.13. The van der Waals surface area contributed by atoms with Gasteiger partial charge in [-0.2, -0.15) is 10.2 Å². The summed E-state index contributed by atoms with van der Waals surface area (Å²) in [5, 5.41) is 14.6. The summed E-state index contributed by atoms with van der Waals surface area (Å²) in [6, 6.07) is 13.8. The Bertz CT molecular complexity index is 1330. The smallest absolute Gasteiger partial charge is 0.275 e. The van der Waals surface area contributed by atoms with E-state index in [0.717, 1.165) is 14.9 Å². The van der Waals surface area contributed by atoms with Gasteiger partial charge in [-0.25, -0.2) is 9.36 Å². The fourth-order valence-corrected chi connectivity index (χ4v) is 3.96. The number of amides is 1. The number of rotatable bonds is 7. The van der Waals surface area contributed by atoms with Crippen molar-refractivity contribution in [3.63, 3.8) is 0 Å². The highest BCUT2D eigenvalue weighted by Gasteiger charge is 2.15. The zero-order chi connectivity index (χ0) is 21.8. The molecule has 3 aromatic heterocycles. The second kappa shape index (κ2) is 9.05. The van der Waals surface area contributed by atoms with Crippen LogP contribution in [-0.2, 0) is 17.9 Å². The van der Waals surface area contributed by atoms with E-state index in [2.05, 4.69) is 15.5 Å². The lowest BCUT2D eigenvalue weighted by atomic mass is 10.2. The Balaban J connectivity index is 1.48. The SMILES string of the molecule is CC[C@H](Cn1nc(-c2cccs2)ccc1=O)NC(=O)Cn1ncc2ccccc2c1=O. The Hall–Kier alpha value is -3.59. The van der Waals surface area contributed by atoms with E-state index in [1.807, 2.05) is 30.5 Å². The lowest BCUT2D eigenvalue weighted by Gasteiger charge is -2.18. The number of hydrogen-bond donors (Lipinski definition) is 1. The number of nitrogens with zero attached hydrogens (tertiary/aromatic N) is 4. The molecule has 9 heteroatoms. The number of hydrogen-bond acceptors (Lipinski definition) is 6. The van der Waals surface area contributed by atoms with Gasteiger partial charge >= 0.3 is 0 Å². The lowest BCUT2D eigenvalue weighted by molar-refractivity contribution is -0.122. The lowest BCUT2D eigenvalue weighted by Crippen LogP contribution is -2.43. The van der Waals surface area contributed by atoms with Crippen molar-refractivity contribution in [1.29, 1.82) is 0 Å². The van der Waals surface area contributed by atoms with Crippen LogP contribution in [0.25, 0.3) is 21.3 Å². The third kappa shape index (κ3) is 4.61. The largest absolute Gasteiger partial charge is 0.350 e. The van der Waals surface area contributed by atoms with Crippen LogP contribution in [0.1, 0.15) is 13.3 Å². The molecular formula is C22H21N5O3S. The maximum atomic E-state index is 12.6. The van der Waals surface area contributed by atoms with E-state index in [0.29, 0.717) is 17.5 Å². The maximum absolute atomic E-state index is 12.6. The number of nitrogens with one attached hydrogen (secondary N) is 1. The van der Waals surface area contributed by atoms with Crippen LogP contribution in [0.15, 0.2) is 69.7 Å². The summed E-state index contributed by atoms with van der Waals surface area (Å²) in [5.74, 6) is -0.348. The number of aromatic nitrogens is 4. The van der Waals surface area contributed by atoms with Gasteiger partial charge in [0.25, 0.3) is 11.1 Å². The van der Waals surface area contributed by atoms with Gasteiger partial charge in [-0.05, 0) is 30.0 Å². The van der Waals surface area contributed by atoms with Crippen molar-refractivity contribution in [2.24, 2.45) is 0 Å². The fraction of sp³-hybridized carbons (Fsp3) is 0.227. The van der Waals surface area contributed by atoms with Crippen LogP contribution in [0.3, 0.4) is 0 Å². The number of benzene rings is 1. The Labute approximate surface area is 181 Å². The average molecular weight is 436 g/mol. The van der Waals surface area contributed by atoms with E-state index in [1.165, 1.54) is 10.7 Å². The normalized spacial score (nSPS) is 12.0. The molecule has 0 fully saturated rings. The zero-order valence-corrected chi connectivity index (χ0v) is 17.7. The first-order chi connectivity index (χ1) is 15.0. The molecule has 0 aliphatic heterocycles. The van der Waals surface area contributed by atoms with Gasteiger partial charge in [0.15, 0.2) is 0 Å². The van der Waals surface area contributed by atoms with Crippen LogP contribution in [0.2, 0.25) is 0 Å². The van der Waals surface area contributed by atoms with Crippen LogP contribution in [0.4, 0.5) is 0 Å². The predicted octanol–water partition coefficient (Wildman–Crippen LogP) is 2.28. The molecule has 158 valence electrons. The van der Waals surface area contributed by atoms with Crippen LogP contribution in [-0.4, -0.2) is 31.5 Å². The van der Waals surface area contributed by atoms with Gasteiger partial charge in [-0.3, -0.25) is 14.4 Å². The molecule has 0 aliphatic carbocycles. The summed E-state index contributed by atoms with van der Waals surface area (Å²) >= 11 is 1.54. The minimum Gasteiger partial charge on any atom is -0.350 e. The zero-order valence-electron chi connectivity index (χ0n) is 16.9. The molecule has 3 heterocycles. The van der Waals surface area contributed by atoms with Gasteiger partial charge in [0.2, 0.25) is 5.91 Å². The molecule has 1 atom stereocenters. The second-order valence-corrected chi connectivity index (χ2v) is 8.03. The first-order valence-electron chi connectivity index (χ1n) is 9.91. The van der Waals surface area contributed by atoms with Gasteiger partial charge in [0, 0.05) is 17.5 Å². The Kier molecular flexibility index (Phi) is 6.03. The average Bonchev–Trinajstić information content (AvgIpc) is 3.32. The van der Waals surface area contributed by atoms with Crippen molar-refractivity contribution in [1.82, 2.24) is 24.9 Å². The molecule has 0 aliphatic rings. The molecule has 0 bridgehead atoms. The Morgan fingerprint density at radius 1 is 1.10 bits per heavy atom. The van der Waals surface area contributed by atoms with E-state index in [4.69, 9.17) is 0 Å². The van der Waals surface area contributed by atoms with Crippen molar-refractivity contribution >= 4 is 28.0 Å². The standard InChI is InChI=1S/C22H21N5O3S/c1-2-16(13-26-21(29)10-9-18(25-26)19-8-5-11-31-19)24-20(28)14-27-22(30)17-7-4-3-6-15(17)12-23-27/h3-12,16H,2,13-14H2,1H3,(H,24,28)/t16-/m1/s1. The minimum absolute atomic E-state index is 0.197. The molecule has 8 nitrogen and oxygen atoms in total. The molecule has 1 aromatic carbocycles. The van der Waals surface area contributed by atoms with Crippen molar-refractivity contribution < 1.29 is 4.79 Å². The quantitative estimate of drug-likeness (QED) is 0.480. The van der Waals surface area contributed by atoms with E-state index in [9.17, 15) is 14.4 Å². The van der Waals surface area contributed by atoms with Gasteiger partial charge in [-0.15, -0.1) is 11.3 Å². The van der Waals surface area contributed by atoms with Crippen LogP contribution >= 0.6 is 11.3 Å². The predicted molar refractivity (Wildman–Crippen MR) is 120 cm³/mol. The summed E-state index contributed by atoms with van der Waals surface area (Å²) in [6.45, 7) is 1.96. The molecule has 0 saturated heterocycles. The Morgan fingerprint density at radius 3 is 2.71 bits per heavy atom. The molecule has 4 rings (SSSR count). The molecule has 0 spiro atoms. The van der Waals surface area contributed by atoms with E-state index in [1.54, 1.807) is 41.8 Å². The second-order valence-electron chi connectivity index (χ2n) is 7.08. The van der Waals surface area contributed by atoms with E-state index in [-0.39, 0.29) is 36.2 Å². The molecule has 1 amide bonds. The summed E-state index contributed by atoms with van der Waals surface area (Å²) in [4.78, 5) is 38.4. The van der Waals surface area contributed by atoms with Crippen LogP contribution < -0.4 is 16.4 Å². The van der Waals surface area contributed by atoms with Crippen LogP contribution in [0, 0.1) is 0 Å². The first kappa shape index (κ1) is 20.7. The molecule has 31 heavy (non-hydrogen) atoms. The number of carbonyl (C=O) groups is 1. The number of carbonyl (C=O) groups excluding carboxylic acids is 1. The maximum Gasteiger partial charge on any atom is 0.275 e. The third-order valence-corrected chi connectivity index (χ3v) is 5.84. The molecule has 1 N–H and O–H groups in total. The highest BCUT2D eigenvalue weighted by Crippen LogP contribution is 2.21. The summed E-state index contributed by atoms with van der Waals surface area (Å²) in [6.07, 6.45) is 2.17. The topological polar surface area (TPSA) is 98.9 Å². The van der Waals surface area contributed by atoms with Gasteiger partial charge in [0.05, 0.1) is 23.0 Å². The summed E-state index contributed by atoms with van der Waals surface area (Å²) < 4.78 is 2.51. The molecule has 0 saturated carbocycles. The Morgan fingerprint density at radius 2 is 1.94 bits per heavy atom. The highest BCUT2D eigenvalue weighted by atomic mass is 32.1. The summed E-state index contributed by atoms with van der Waals surface area (Å²) in [7, 11) is 0. The van der Waals surface area contributed by atoms with Crippen molar-refractivity contribution in [3.8, 4) is 10.6 Å². The minimum atomic E-state index is -0.348. The van der Waals surface area contributed by atoms with Crippen molar-refractivity contribution in [3.05, 3.63) is 80.8 Å². The van der Waals surface area contributed by atoms with Crippen LogP contribution in [0.5, 0.6) is 0 Å². The number of thiophene rings is 1. The molecule has 4 aromatic rings.